The number of carbonyl (C=O) groups excluding carboxylic acids is 2. The van der Waals surface area contributed by atoms with Crippen molar-refractivity contribution in [1.29, 1.82) is 0 Å². The van der Waals surface area contributed by atoms with Crippen LogP contribution in [0.15, 0.2) is 35.4 Å². The summed E-state index contributed by atoms with van der Waals surface area (Å²) in [4.78, 5) is 26.6. The number of nitrogens with zero attached hydrogens (tertiary/aromatic N) is 3. The normalized spacial score (nSPS) is 21.6. The monoisotopic (exact) mass is 515 g/mol. The number of halogens is 3. The molecule has 0 bridgehead atoms. The van der Waals surface area contributed by atoms with E-state index in [1.807, 2.05) is 0 Å². The van der Waals surface area contributed by atoms with Crippen LogP contribution in [0.2, 0.25) is 25.7 Å². The first kappa shape index (κ1) is 27.0. The van der Waals surface area contributed by atoms with Crippen LogP contribution in [0.4, 0.5) is 18.0 Å². The molecule has 2 aliphatic rings. The second kappa shape index (κ2) is 11.0. The van der Waals surface area contributed by atoms with Gasteiger partial charge in [-0.25, -0.2) is 20.2 Å². The summed E-state index contributed by atoms with van der Waals surface area (Å²) in [5.74, 6) is -2.34. The summed E-state index contributed by atoms with van der Waals surface area (Å²) in [7, 11) is -1.31. The van der Waals surface area contributed by atoms with Crippen LogP contribution in [-0.4, -0.2) is 61.4 Å². The quantitative estimate of drug-likeness (QED) is 0.359. The summed E-state index contributed by atoms with van der Waals surface area (Å²) in [6, 6.07) is 8.93. The van der Waals surface area contributed by atoms with Crippen LogP contribution in [0.5, 0.6) is 0 Å². The van der Waals surface area contributed by atoms with Gasteiger partial charge in [-0.2, -0.15) is 13.2 Å². The number of alkyl halides is 3. The van der Waals surface area contributed by atoms with E-state index in [2.05, 4.69) is 35.8 Å². The number of nitrogens with one attached hydrogen (secondary N) is 2. The Bertz CT molecular complexity index is 926. The number of hydrazone groups is 1. The Balaban J connectivity index is 1.70. The van der Waals surface area contributed by atoms with Crippen molar-refractivity contribution in [3.05, 3.63) is 35.9 Å². The number of imide groups is 1. The molecule has 0 radical (unpaired) electrons. The van der Waals surface area contributed by atoms with Crippen molar-refractivity contribution in [1.82, 2.24) is 21.0 Å². The summed E-state index contributed by atoms with van der Waals surface area (Å²) in [5, 5.41) is 5.40. The molecule has 0 spiro atoms. The standard InChI is InChI=1S/C22H32F3N5O4Si/c1-15-19(16-8-6-5-7-9-16)34-21(32)30(15)20(31)17(13-22(23,24)25)12-18-26-27-28-29(18)14-33-10-11-35(2,3)4/h5-9,15,17,19,27-28H,10-14H2,1-4H3/t15-,17?,19-/m1/s1. The zero-order chi connectivity index (χ0) is 25.8. The van der Waals surface area contributed by atoms with Crippen LogP contribution < -0.4 is 11.1 Å². The summed E-state index contributed by atoms with van der Waals surface area (Å²) in [6.45, 7) is 8.75. The topological polar surface area (TPSA) is 95.5 Å². The molecule has 13 heteroatoms. The van der Waals surface area contributed by atoms with E-state index in [1.165, 1.54) is 5.01 Å². The van der Waals surface area contributed by atoms with Crippen LogP contribution in [0, 0.1) is 5.92 Å². The van der Waals surface area contributed by atoms with Crippen molar-refractivity contribution >= 4 is 25.9 Å². The molecular weight excluding hydrogens is 483 g/mol. The van der Waals surface area contributed by atoms with Crippen molar-refractivity contribution in [2.75, 3.05) is 13.3 Å². The van der Waals surface area contributed by atoms with Gasteiger partial charge in [-0.05, 0) is 18.5 Å². The minimum Gasteiger partial charge on any atom is -0.439 e. The molecule has 35 heavy (non-hydrogen) atoms. The SMILES string of the molecule is C[C@@H]1[C@H](c2ccccc2)OC(=O)N1C(=O)C(CC1=NNNN1COCC[Si](C)(C)C)CC(F)(F)F. The lowest BCUT2D eigenvalue weighted by Crippen LogP contribution is -2.46. The molecule has 1 aromatic carbocycles. The molecule has 0 saturated carbocycles. The highest BCUT2D eigenvalue weighted by Crippen LogP contribution is 2.36. The molecule has 1 aromatic rings. The van der Waals surface area contributed by atoms with Gasteiger partial charge in [-0.1, -0.05) is 50.0 Å². The van der Waals surface area contributed by atoms with Gasteiger partial charge in [0.2, 0.25) is 5.91 Å². The number of carbonyl (C=O) groups is 2. The highest BCUT2D eigenvalue weighted by molar-refractivity contribution is 6.76. The Morgan fingerprint density at radius 2 is 1.94 bits per heavy atom. The van der Waals surface area contributed by atoms with Crippen LogP contribution in [0.3, 0.4) is 0 Å². The summed E-state index contributed by atoms with van der Waals surface area (Å²) in [6.07, 6.45) is -8.09. The van der Waals surface area contributed by atoms with Gasteiger partial charge in [0.25, 0.3) is 0 Å². The van der Waals surface area contributed by atoms with Crippen molar-refractivity contribution in [3.8, 4) is 0 Å². The van der Waals surface area contributed by atoms with Crippen LogP contribution in [-0.2, 0) is 14.3 Å². The first-order valence-electron chi connectivity index (χ1n) is 11.4. The number of amides is 2. The Kier molecular flexibility index (Phi) is 8.44. The minimum atomic E-state index is -4.62. The third kappa shape index (κ3) is 7.42. The first-order chi connectivity index (χ1) is 16.4. The molecule has 2 amide bonds. The van der Waals surface area contributed by atoms with Crippen molar-refractivity contribution in [2.45, 2.75) is 63.8 Å². The van der Waals surface area contributed by atoms with E-state index in [-0.39, 0.29) is 19.0 Å². The number of rotatable bonds is 10. The molecule has 1 fully saturated rings. The van der Waals surface area contributed by atoms with Crippen LogP contribution in [0.25, 0.3) is 0 Å². The molecule has 2 aliphatic heterocycles. The van der Waals surface area contributed by atoms with E-state index in [9.17, 15) is 22.8 Å². The zero-order valence-corrected chi connectivity index (χ0v) is 21.3. The number of hydrogen-bond acceptors (Lipinski definition) is 8. The van der Waals surface area contributed by atoms with E-state index in [1.54, 1.807) is 37.3 Å². The Labute approximate surface area is 203 Å². The van der Waals surface area contributed by atoms with Gasteiger partial charge in [-0.15, -0.1) is 10.6 Å². The average molecular weight is 516 g/mol. The van der Waals surface area contributed by atoms with Crippen molar-refractivity contribution < 1.29 is 32.2 Å². The molecule has 2 heterocycles. The molecule has 1 saturated heterocycles. The Morgan fingerprint density at radius 1 is 1.26 bits per heavy atom. The van der Waals surface area contributed by atoms with Gasteiger partial charge in [0.15, 0.2) is 0 Å². The third-order valence-electron chi connectivity index (χ3n) is 5.79. The number of amidine groups is 1. The number of cyclic esters (lactones) is 1. The highest BCUT2D eigenvalue weighted by Gasteiger charge is 2.48. The lowest BCUT2D eigenvalue weighted by atomic mass is 9.96. The van der Waals surface area contributed by atoms with Crippen molar-refractivity contribution in [3.63, 3.8) is 0 Å². The first-order valence-corrected chi connectivity index (χ1v) is 15.1. The number of hydrazine groups is 2. The Hall–Kier alpha value is -2.64. The van der Waals surface area contributed by atoms with E-state index in [0.717, 1.165) is 10.9 Å². The second-order valence-corrected chi connectivity index (χ2v) is 15.5. The lowest BCUT2D eigenvalue weighted by Gasteiger charge is -2.27. The largest absolute Gasteiger partial charge is 0.439 e. The fourth-order valence-electron chi connectivity index (χ4n) is 3.86. The number of benzene rings is 1. The zero-order valence-electron chi connectivity index (χ0n) is 20.3. The minimum absolute atomic E-state index is 0.0431. The van der Waals surface area contributed by atoms with Crippen LogP contribution >= 0.6 is 0 Å². The van der Waals surface area contributed by atoms with E-state index in [0.29, 0.717) is 12.2 Å². The van der Waals surface area contributed by atoms with Gasteiger partial charge >= 0.3 is 12.3 Å². The lowest BCUT2D eigenvalue weighted by molar-refractivity contribution is -0.158. The predicted octanol–water partition coefficient (Wildman–Crippen LogP) is 4.00. The summed E-state index contributed by atoms with van der Waals surface area (Å²) >= 11 is 0. The molecule has 0 aromatic heterocycles. The maximum absolute atomic E-state index is 13.4. The third-order valence-corrected chi connectivity index (χ3v) is 7.49. The summed E-state index contributed by atoms with van der Waals surface area (Å²) in [5.41, 5.74) is 5.85. The second-order valence-electron chi connectivity index (χ2n) is 9.91. The van der Waals surface area contributed by atoms with Gasteiger partial charge in [0.1, 0.15) is 18.7 Å². The van der Waals surface area contributed by atoms with Gasteiger partial charge < -0.3 is 9.47 Å². The van der Waals surface area contributed by atoms with E-state index < -0.39 is 50.7 Å². The Morgan fingerprint density at radius 3 is 2.57 bits per heavy atom. The van der Waals surface area contributed by atoms with Gasteiger partial charge in [-0.3, -0.25) is 4.79 Å². The highest BCUT2D eigenvalue weighted by atomic mass is 28.3. The molecule has 2 N–H and O–H groups in total. The molecule has 1 unspecified atom stereocenters. The predicted molar refractivity (Wildman–Crippen MR) is 125 cm³/mol. The maximum atomic E-state index is 13.4. The molecule has 9 nitrogen and oxygen atoms in total. The van der Waals surface area contributed by atoms with E-state index in [4.69, 9.17) is 9.47 Å². The van der Waals surface area contributed by atoms with Crippen molar-refractivity contribution in [2.24, 2.45) is 11.0 Å². The van der Waals surface area contributed by atoms with E-state index >= 15 is 0 Å². The molecule has 0 aliphatic carbocycles. The fourth-order valence-corrected chi connectivity index (χ4v) is 4.62. The number of hydrogen-bond donors (Lipinski definition) is 2. The smallest absolute Gasteiger partial charge is 0.417 e. The van der Waals surface area contributed by atoms with Gasteiger partial charge in [0.05, 0.1) is 18.4 Å². The maximum Gasteiger partial charge on any atom is 0.417 e. The fraction of sp³-hybridized carbons (Fsp3) is 0.591. The molecule has 3 atom stereocenters. The molecule has 3 rings (SSSR count). The van der Waals surface area contributed by atoms with Crippen LogP contribution in [0.1, 0.15) is 31.4 Å². The molecule has 194 valence electrons. The number of ether oxygens (including phenoxy) is 2. The summed E-state index contributed by atoms with van der Waals surface area (Å²) < 4.78 is 51.3. The molecular formula is C22H32F3N5O4Si. The van der Waals surface area contributed by atoms with Gasteiger partial charge in [0, 0.05) is 21.1 Å². The average Bonchev–Trinajstić information content (AvgIpc) is 3.32.